The summed E-state index contributed by atoms with van der Waals surface area (Å²) in [6.07, 6.45) is 3.84. The van der Waals surface area contributed by atoms with Gasteiger partial charge in [0.05, 0.1) is 13.1 Å². The number of rotatable bonds is 4. The van der Waals surface area contributed by atoms with Gasteiger partial charge in [-0.25, -0.2) is 20.8 Å². The van der Waals surface area contributed by atoms with Crippen molar-refractivity contribution in [1.29, 1.82) is 0 Å². The minimum Gasteiger partial charge on any atom is -0.353 e. The van der Waals surface area contributed by atoms with Crippen molar-refractivity contribution in [2.24, 2.45) is 20.2 Å². The average Bonchev–Trinajstić information content (AvgIpc) is 3.49. The van der Waals surface area contributed by atoms with Gasteiger partial charge in [-0.15, -0.1) is 24.8 Å². The second-order valence-electron chi connectivity index (χ2n) is 7.45. The van der Waals surface area contributed by atoms with Crippen LogP contribution in [0.15, 0.2) is 62.7 Å². The van der Waals surface area contributed by atoms with Crippen LogP contribution in [-0.4, -0.2) is 50.5 Å². The van der Waals surface area contributed by atoms with Crippen molar-refractivity contribution in [3.05, 3.63) is 69.7 Å². The quantitative estimate of drug-likeness (QED) is 0.378. The van der Waals surface area contributed by atoms with E-state index in [0.717, 1.165) is 37.3 Å². The lowest BCUT2D eigenvalue weighted by Gasteiger charge is -2.31. The molecular formula is C22H25Cl3N8. The molecule has 0 radical (unpaired) electrons. The van der Waals surface area contributed by atoms with Gasteiger partial charge in [-0.05, 0) is 34.4 Å². The first kappa shape index (κ1) is 24.8. The second kappa shape index (κ2) is 11.4. The highest BCUT2D eigenvalue weighted by Gasteiger charge is 2.31. The van der Waals surface area contributed by atoms with Crippen LogP contribution in [0.25, 0.3) is 0 Å². The Balaban J connectivity index is 0.00000153. The second-order valence-corrected chi connectivity index (χ2v) is 7.89. The molecule has 5 rings (SSSR count). The van der Waals surface area contributed by atoms with E-state index in [1.165, 1.54) is 11.1 Å². The number of hydrogen-bond acceptors (Lipinski definition) is 8. The molecule has 1 aliphatic carbocycles. The van der Waals surface area contributed by atoms with Gasteiger partial charge in [0.15, 0.2) is 0 Å². The van der Waals surface area contributed by atoms with Gasteiger partial charge in [0.25, 0.3) is 0 Å². The molecule has 2 atom stereocenters. The van der Waals surface area contributed by atoms with Crippen LogP contribution in [0.3, 0.4) is 0 Å². The molecule has 2 unspecified atom stereocenters. The molecule has 0 amide bonds. The summed E-state index contributed by atoms with van der Waals surface area (Å²) < 4.78 is 0. The molecule has 2 aromatic carbocycles. The Labute approximate surface area is 209 Å². The molecule has 8 nitrogen and oxygen atoms in total. The first-order valence-electron chi connectivity index (χ1n) is 10.3. The van der Waals surface area contributed by atoms with Crippen LogP contribution in [0.2, 0.25) is 5.02 Å². The van der Waals surface area contributed by atoms with Gasteiger partial charge in [0.1, 0.15) is 0 Å². The van der Waals surface area contributed by atoms with Crippen molar-refractivity contribution in [2.75, 3.05) is 26.2 Å². The Morgan fingerprint density at radius 2 is 1.30 bits per heavy atom. The van der Waals surface area contributed by atoms with Crippen LogP contribution in [0.1, 0.15) is 34.1 Å². The maximum atomic E-state index is 6.39. The standard InChI is InChI=1S/C22H23ClN8.2ClH/c23-14-5-6-17-18(11-14)20(13-29-31-22-26-9-10-27-22)16-4-2-1-3-15(16)19(17)12-28-30-21-24-7-8-25-21;;/h1-6,11-13,19-20H,7-10H2,(H2,24,25,30)(H2,26,27,31);2*1H/b28-12+,29-13+;;. The summed E-state index contributed by atoms with van der Waals surface area (Å²) in [7, 11) is 0. The Kier molecular flexibility index (Phi) is 8.55. The molecule has 33 heavy (non-hydrogen) atoms. The lowest BCUT2D eigenvalue weighted by molar-refractivity contribution is 0.882. The molecule has 4 N–H and O–H groups in total. The zero-order valence-electron chi connectivity index (χ0n) is 17.7. The number of nitrogens with one attached hydrogen (secondary N) is 4. The zero-order valence-corrected chi connectivity index (χ0v) is 20.1. The summed E-state index contributed by atoms with van der Waals surface area (Å²) in [5, 5.41) is 15.9. The Hall–Kier alpha value is -2.81. The van der Waals surface area contributed by atoms with Gasteiger partial charge in [0.2, 0.25) is 11.9 Å². The van der Waals surface area contributed by atoms with E-state index >= 15 is 0 Å². The van der Waals surface area contributed by atoms with Crippen LogP contribution in [0.5, 0.6) is 0 Å². The maximum absolute atomic E-state index is 6.39. The topological polar surface area (TPSA) is 97.6 Å². The van der Waals surface area contributed by atoms with E-state index in [1.54, 1.807) is 0 Å². The molecule has 0 saturated carbocycles. The van der Waals surface area contributed by atoms with E-state index in [1.807, 2.05) is 24.6 Å². The van der Waals surface area contributed by atoms with Crippen LogP contribution < -0.4 is 21.5 Å². The summed E-state index contributed by atoms with van der Waals surface area (Å²) in [5.41, 5.74) is 10.6. The summed E-state index contributed by atoms with van der Waals surface area (Å²) in [4.78, 5) is 8.64. The van der Waals surface area contributed by atoms with Crippen LogP contribution in [0, 0.1) is 0 Å². The van der Waals surface area contributed by atoms with Gasteiger partial charge in [-0.2, -0.15) is 10.2 Å². The predicted molar refractivity (Wildman–Crippen MR) is 140 cm³/mol. The van der Waals surface area contributed by atoms with Crippen LogP contribution in [0.4, 0.5) is 0 Å². The number of hydrogen-bond donors (Lipinski definition) is 4. The molecular weight excluding hydrogens is 483 g/mol. The molecule has 2 aliphatic heterocycles. The van der Waals surface area contributed by atoms with Crippen molar-refractivity contribution in [2.45, 2.75) is 11.8 Å². The summed E-state index contributed by atoms with van der Waals surface area (Å²) in [6, 6.07) is 14.4. The molecule has 0 spiro atoms. The van der Waals surface area contributed by atoms with E-state index in [0.29, 0.717) is 16.9 Å². The fraction of sp³-hybridized carbons (Fsp3) is 0.273. The number of hydrazone groups is 2. The van der Waals surface area contributed by atoms with Gasteiger partial charge in [-0.3, -0.25) is 0 Å². The van der Waals surface area contributed by atoms with Crippen molar-refractivity contribution in [3.63, 3.8) is 0 Å². The average molecular weight is 508 g/mol. The molecule has 2 aromatic rings. The van der Waals surface area contributed by atoms with Crippen molar-refractivity contribution < 1.29 is 0 Å². The fourth-order valence-electron chi connectivity index (χ4n) is 4.12. The molecule has 0 fully saturated rings. The molecule has 0 saturated heterocycles. The van der Waals surface area contributed by atoms with Crippen molar-refractivity contribution in [3.8, 4) is 0 Å². The normalized spacial score (nSPS) is 20.5. The highest BCUT2D eigenvalue weighted by atomic mass is 35.5. The van der Waals surface area contributed by atoms with E-state index in [-0.39, 0.29) is 36.6 Å². The number of nitrogens with zero attached hydrogens (tertiary/aromatic N) is 4. The molecule has 174 valence electrons. The zero-order chi connectivity index (χ0) is 21.0. The number of guanidine groups is 2. The molecule has 0 bridgehead atoms. The number of halogens is 3. The van der Waals surface area contributed by atoms with E-state index < -0.39 is 0 Å². The Bertz CT molecular complexity index is 1100. The SMILES string of the molecule is Cl.Cl.Clc1ccc2c(c1)C(/C=N/NC1=NCCN1)c1ccccc1C2/C=N/NC1=NCCN1. The van der Waals surface area contributed by atoms with Gasteiger partial charge < -0.3 is 10.6 Å². The van der Waals surface area contributed by atoms with E-state index in [2.05, 4.69) is 72.0 Å². The summed E-state index contributed by atoms with van der Waals surface area (Å²) in [6.45, 7) is 3.20. The maximum Gasteiger partial charge on any atom is 0.212 e. The highest BCUT2D eigenvalue weighted by Crippen LogP contribution is 2.42. The van der Waals surface area contributed by atoms with Crippen LogP contribution >= 0.6 is 36.4 Å². The Morgan fingerprint density at radius 1 is 0.788 bits per heavy atom. The third kappa shape index (κ3) is 5.40. The number of aliphatic imine (C=N–C) groups is 2. The van der Waals surface area contributed by atoms with Gasteiger partial charge in [-0.1, -0.05) is 41.9 Å². The van der Waals surface area contributed by atoms with Crippen molar-refractivity contribution >= 4 is 60.8 Å². The van der Waals surface area contributed by atoms with Gasteiger partial charge in [0, 0.05) is 42.4 Å². The predicted octanol–water partition coefficient (Wildman–Crippen LogP) is 2.83. The third-order valence-corrected chi connectivity index (χ3v) is 5.76. The van der Waals surface area contributed by atoms with Crippen LogP contribution in [-0.2, 0) is 0 Å². The van der Waals surface area contributed by atoms with Crippen molar-refractivity contribution in [1.82, 2.24) is 21.5 Å². The number of fused-ring (bicyclic) bond motifs is 2. The third-order valence-electron chi connectivity index (χ3n) is 5.52. The fourth-order valence-corrected chi connectivity index (χ4v) is 4.30. The Morgan fingerprint density at radius 3 is 1.82 bits per heavy atom. The highest BCUT2D eigenvalue weighted by molar-refractivity contribution is 6.30. The molecule has 0 aromatic heterocycles. The largest absolute Gasteiger partial charge is 0.353 e. The summed E-state index contributed by atoms with van der Waals surface area (Å²) in [5.74, 6) is 1.37. The summed E-state index contributed by atoms with van der Waals surface area (Å²) >= 11 is 6.39. The first-order chi connectivity index (χ1) is 15.3. The van der Waals surface area contributed by atoms with E-state index in [9.17, 15) is 0 Å². The first-order valence-corrected chi connectivity index (χ1v) is 10.7. The molecule has 2 heterocycles. The minimum atomic E-state index is -0.0297. The lowest BCUT2D eigenvalue weighted by Crippen LogP contribution is -2.31. The minimum absolute atomic E-state index is 0. The molecule has 11 heteroatoms. The molecule has 3 aliphatic rings. The van der Waals surface area contributed by atoms with Gasteiger partial charge >= 0.3 is 0 Å². The lowest BCUT2D eigenvalue weighted by atomic mass is 9.73. The number of benzene rings is 2. The van der Waals surface area contributed by atoms with E-state index in [4.69, 9.17) is 11.6 Å². The smallest absolute Gasteiger partial charge is 0.212 e. The monoisotopic (exact) mass is 506 g/mol.